The van der Waals surface area contributed by atoms with E-state index in [9.17, 15) is 4.79 Å². The van der Waals surface area contributed by atoms with Crippen LogP contribution in [0, 0.1) is 5.41 Å². The van der Waals surface area contributed by atoms with Crippen LogP contribution in [0.15, 0.2) is 24.3 Å². The molecule has 0 radical (unpaired) electrons. The fourth-order valence-electron chi connectivity index (χ4n) is 3.26. The highest BCUT2D eigenvalue weighted by molar-refractivity contribution is 6.00. The van der Waals surface area contributed by atoms with Crippen molar-refractivity contribution in [3.8, 4) is 5.75 Å². The standard InChI is InChI=1S/C18H27NO2/c1-4-18(5-2)11-12-19(14-18)13-16(20)15-9-7-8-10-17(15)21-6-3/h7-10H,4-6,11-14H2,1-3H3. The molecule has 1 aromatic rings. The summed E-state index contributed by atoms with van der Waals surface area (Å²) < 4.78 is 5.57. The first kappa shape index (κ1) is 16.0. The van der Waals surface area contributed by atoms with Crippen LogP contribution in [-0.4, -0.2) is 36.9 Å². The molecule has 0 atom stereocenters. The predicted molar refractivity (Wildman–Crippen MR) is 86.0 cm³/mol. The largest absolute Gasteiger partial charge is 0.493 e. The van der Waals surface area contributed by atoms with E-state index >= 15 is 0 Å². The number of carbonyl (C=O) groups excluding carboxylic acids is 1. The number of carbonyl (C=O) groups is 1. The summed E-state index contributed by atoms with van der Waals surface area (Å²) in [4.78, 5) is 14.9. The molecule has 2 rings (SSSR count). The molecular formula is C18H27NO2. The molecule has 1 saturated heterocycles. The minimum absolute atomic E-state index is 0.169. The van der Waals surface area contributed by atoms with Gasteiger partial charge in [-0.05, 0) is 50.3 Å². The fraction of sp³-hybridized carbons (Fsp3) is 0.611. The highest BCUT2D eigenvalue weighted by atomic mass is 16.5. The van der Waals surface area contributed by atoms with Gasteiger partial charge in [-0.3, -0.25) is 9.69 Å². The summed E-state index contributed by atoms with van der Waals surface area (Å²) in [6.07, 6.45) is 3.60. The highest BCUT2D eigenvalue weighted by Crippen LogP contribution is 2.37. The van der Waals surface area contributed by atoms with Crippen molar-refractivity contribution in [2.75, 3.05) is 26.2 Å². The van der Waals surface area contributed by atoms with Gasteiger partial charge in [-0.25, -0.2) is 0 Å². The van der Waals surface area contributed by atoms with Gasteiger partial charge < -0.3 is 4.74 Å². The Morgan fingerprint density at radius 1 is 1.24 bits per heavy atom. The van der Waals surface area contributed by atoms with Crippen molar-refractivity contribution in [2.24, 2.45) is 5.41 Å². The third kappa shape index (κ3) is 3.65. The molecule has 1 aliphatic heterocycles. The molecule has 0 bridgehead atoms. The van der Waals surface area contributed by atoms with Gasteiger partial charge in [0.1, 0.15) is 5.75 Å². The summed E-state index contributed by atoms with van der Waals surface area (Å²) in [5, 5.41) is 0. The van der Waals surface area contributed by atoms with Crippen LogP contribution in [0.25, 0.3) is 0 Å². The smallest absolute Gasteiger partial charge is 0.180 e. The van der Waals surface area contributed by atoms with E-state index in [4.69, 9.17) is 4.74 Å². The lowest BCUT2D eigenvalue weighted by Gasteiger charge is -2.26. The quantitative estimate of drug-likeness (QED) is 0.715. The normalized spacial score (nSPS) is 17.9. The Morgan fingerprint density at radius 3 is 2.57 bits per heavy atom. The van der Waals surface area contributed by atoms with Crippen LogP contribution in [0.1, 0.15) is 50.4 Å². The maximum absolute atomic E-state index is 12.6. The summed E-state index contributed by atoms with van der Waals surface area (Å²) in [5.74, 6) is 0.878. The molecule has 0 aromatic heterocycles. The van der Waals surface area contributed by atoms with Crippen molar-refractivity contribution < 1.29 is 9.53 Å². The first-order valence-electron chi connectivity index (χ1n) is 8.11. The Labute approximate surface area is 128 Å². The van der Waals surface area contributed by atoms with Crippen LogP contribution in [0.4, 0.5) is 0 Å². The maximum Gasteiger partial charge on any atom is 0.180 e. The molecule has 1 aliphatic rings. The molecule has 21 heavy (non-hydrogen) atoms. The van der Waals surface area contributed by atoms with E-state index in [-0.39, 0.29) is 5.78 Å². The molecule has 0 saturated carbocycles. The van der Waals surface area contributed by atoms with Gasteiger partial charge in [-0.15, -0.1) is 0 Å². The Balaban J connectivity index is 2.03. The zero-order valence-electron chi connectivity index (χ0n) is 13.5. The summed E-state index contributed by atoms with van der Waals surface area (Å²) in [6, 6.07) is 7.57. The Morgan fingerprint density at radius 2 is 1.95 bits per heavy atom. The molecule has 0 aliphatic carbocycles. The summed E-state index contributed by atoms with van der Waals surface area (Å²) in [7, 11) is 0. The van der Waals surface area contributed by atoms with E-state index in [1.807, 2.05) is 31.2 Å². The summed E-state index contributed by atoms with van der Waals surface area (Å²) in [6.45, 7) is 9.64. The zero-order valence-corrected chi connectivity index (χ0v) is 13.5. The van der Waals surface area contributed by atoms with Crippen molar-refractivity contribution in [3.63, 3.8) is 0 Å². The van der Waals surface area contributed by atoms with E-state index < -0.39 is 0 Å². The van der Waals surface area contributed by atoms with Crippen LogP contribution < -0.4 is 4.74 Å². The number of Topliss-reactive ketones (excluding diaryl/α,β-unsaturated/α-hetero) is 1. The van der Waals surface area contributed by atoms with Crippen LogP contribution >= 0.6 is 0 Å². The topological polar surface area (TPSA) is 29.5 Å². The number of likely N-dealkylation sites (tertiary alicyclic amines) is 1. The van der Waals surface area contributed by atoms with Crippen molar-refractivity contribution in [2.45, 2.75) is 40.0 Å². The number of hydrogen-bond acceptors (Lipinski definition) is 3. The fourth-order valence-corrected chi connectivity index (χ4v) is 3.26. The third-order valence-electron chi connectivity index (χ3n) is 4.87. The predicted octanol–water partition coefficient (Wildman–Crippen LogP) is 3.78. The van der Waals surface area contributed by atoms with E-state index in [0.717, 1.165) is 13.1 Å². The second-order valence-electron chi connectivity index (χ2n) is 6.02. The van der Waals surface area contributed by atoms with E-state index in [1.54, 1.807) is 0 Å². The molecule has 1 fully saturated rings. The minimum Gasteiger partial charge on any atom is -0.493 e. The first-order valence-corrected chi connectivity index (χ1v) is 8.11. The van der Waals surface area contributed by atoms with Crippen LogP contribution in [0.3, 0.4) is 0 Å². The molecule has 0 unspecified atom stereocenters. The number of benzene rings is 1. The number of ether oxygens (including phenoxy) is 1. The van der Waals surface area contributed by atoms with Gasteiger partial charge in [0.2, 0.25) is 0 Å². The Kier molecular flexibility index (Phi) is 5.40. The lowest BCUT2D eigenvalue weighted by molar-refractivity contribution is 0.0932. The first-order chi connectivity index (χ1) is 10.1. The van der Waals surface area contributed by atoms with Gasteiger partial charge >= 0.3 is 0 Å². The second-order valence-corrected chi connectivity index (χ2v) is 6.02. The van der Waals surface area contributed by atoms with Crippen LogP contribution in [0.2, 0.25) is 0 Å². The van der Waals surface area contributed by atoms with Gasteiger partial charge in [0.05, 0.1) is 18.7 Å². The Bertz CT molecular complexity index is 480. The summed E-state index contributed by atoms with van der Waals surface area (Å²) in [5.41, 5.74) is 1.13. The average molecular weight is 289 g/mol. The third-order valence-corrected chi connectivity index (χ3v) is 4.87. The van der Waals surface area contributed by atoms with Crippen LogP contribution in [-0.2, 0) is 0 Å². The molecule has 1 heterocycles. The van der Waals surface area contributed by atoms with E-state index in [0.29, 0.717) is 29.9 Å². The molecular weight excluding hydrogens is 262 g/mol. The minimum atomic E-state index is 0.169. The average Bonchev–Trinajstić information content (AvgIpc) is 2.92. The van der Waals surface area contributed by atoms with Crippen molar-refractivity contribution in [3.05, 3.63) is 29.8 Å². The molecule has 3 nitrogen and oxygen atoms in total. The maximum atomic E-state index is 12.6. The van der Waals surface area contributed by atoms with Gasteiger partial charge in [0.15, 0.2) is 5.78 Å². The molecule has 0 amide bonds. The van der Waals surface area contributed by atoms with Crippen LogP contribution in [0.5, 0.6) is 5.75 Å². The number of nitrogens with zero attached hydrogens (tertiary/aromatic N) is 1. The van der Waals surface area contributed by atoms with E-state index in [1.165, 1.54) is 19.3 Å². The Hall–Kier alpha value is -1.35. The lowest BCUT2D eigenvalue weighted by atomic mass is 9.82. The lowest BCUT2D eigenvalue weighted by Crippen LogP contribution is -2.31. The molecule has 0 N–H and O–H groups in total. The molecule has 1 aromatic carbocycles. The molecule has 3 heteroatoms. The van der Waals surface area contributed by atoms with E-state index in [2.05, 4.69) is 18.7 Å². The SMILES string of the molecule is CCOc1ccccc1C(=O)CN1CCC(CC)(CC)C1. The number of ketones is 1. The van der Waals surface area contributed by atoms with Crippen molar-refractivity contribution in [1.82, 2.24) is 4.90 Å². The van der Waals surface area contributed by atoms with Gasteiger partial charge in [0.25, 0.3) is 0 Å². The van der Waals surface area contributed by atoms with Crippen molar-refractivity contribution in [1.29, 1.82) is 0 Å². The van der Waals surface area contributed by atoms with Crippen molar-refractivity contribution >= 4 is 5.78 Å². The van der Waals surface area contributed by atoms with Gasteiger partial charge in [-0.1, -0.05) is 26.0 Å². The van der Waals surface area contributed by atoms with Gasteiger partial charge in [0, 0.05) is 6.54 Å². The molecule has 116 valence electrons. The highest BCUT2D eigenvalue weighted by Gasteiger charge is 2.35. The van der Waals surface area contributed by atoms with Gasteiger partial charge in [-0.2, -0.15) is 0 Å². The summed E-state index contributed by atoms with van der Waals surface area (Å²) >= 11 is 0. The number of hydrogen-bond donors (Lipinski definition) is 0. The number of rotatable bonds is 7. The second kappa shape index (κ2) is 7.08. The number of para-hydroxylation sites is 1. The monoisotopic (exact) mass is 289 g/mol. The molecule has 0 spiro atoms. The zero-order chi connectivity index (χ0) is 15.3.